The Bertz CT molecular complexity index is 889. The van der Waals surface area contributed by atoms with E-state index in [1.54, 1.807) is 0 Å². The summed E-state index contributed by atoms with van der Waals surface area (Å²) in [4.78, 5) is 21.6. The number of methoxy groups -OCH3 is 1. The maximum Gasteiger partial charge on any atom is 0.317 e. The molecular weight excluding hydrogens is 276 g/mol. The first-order valence-corrected chi connectivity index (χ1v) is 6.95. The molecule has 3 aromatic rings. The minimum Gasteiger partial charge on any atom is -0.467 e. The van der Waals surface area contributed by atoms with Crippen LogP contribution in [0.1, 0.15) is 15.9 Å². The van der Waals surface area contributed by atoms with Crippen LogP contribution >= 0.6 is 0 Å². The van der Waals surface area contributed by atoms with Crippen molar-refractivity contribution < 1.29 is 9.53 Å². The number of aromatic nitrogens is 2. The number of ketones is 1. The fourth-order valence-corrected chi connectivity index (χ4v) is 2.77. The van der Waals surface area contributed by atoms with E-state index in [1.807, 2.05) is 54.6 Å². The molecule has 1 heterocycles. The van der Waals surface area contributed by atoms with Crippen molar-refractivity contribution in [3.8, 4) is 28.5 Å². The number of carbonyl (C=O) groups is 1. The second-order valence-corrected chi connectivity index (χ2v) is 5.02. The summed E-state index contributed by atoms with van der Waals surface area (Å²) < 4.78 is 5.22. The number of hydrogen-bond donors (Lipinski definition) is 0. The highest BCUT2D eigenvalue weighted by molar-refractivity contribution is 6.23. The van der Waals surface area contributed by atoms with Crippen molar-refractivity contribution in [2.24, 2.45) is 0 Å². The van der Waals surface area contributed by atoms with Crippen LogP contribution in [0.5, 0.6) is 6.01 Å². The third-order valence-corrected chi connectivity index (χ3v) is 3.77. The Labute approximate surface area is 127 Å². The number of nitrogens with zero attached hydrogens (tertiary/aromatic N) is 2. The average Bonchev–Trinajstić information content (AvgIpc) is 2.88. The largest absolute Gasteiger partial charge is 0.467 e. The lowest BCUT2D eigenvalue weighted by atomic mass is 10.0. The van der Waals surface area contributed by atoms with E-state index >= 15 is 0 Å². The van der Waals surface area contributed by atoms with Gasteiger partial charge in [-0.05, 0) is 0 Å². The Morgan fingerprint density at radius 3 is 2.18 bits per heavy atom. The highest BCUT2D eigenvalue weighted by atomic mass is 16.5. The summed E-state index contributed by atoms with van der Waals surface area (Å²) in [5.41, 5.74) is 4.18. The first-order valence-electron chi connectivity index (χ1n) is 6.95. The molecule has 0 N–H and O–H groups in total. The molecule has 1 aliphatic rings. The first-order chi connectivity index (χ1) is 10.8. The molecule has 0 spiro atoms. The van der Waals surface area contributed by atoms with E-state index in [0.29, 0.717) is 22.5 Å². The van der Waals surface area contributed by atoms with E-state index in [0.717, 1.165) is 11.1 Å². The van der Waals surface area contributed by atoms with Crippen molar-refractivity contribution in [1.82, 2.24) is 9.97 Å². The standard InChI is InChI=1S/C18H12N2O2/c1-22-18-19-15(11-7-3-2-4-8-11)14-16(20-18)12-9-5-6-10-13(12)17(14)21/h2-10H,1H3. The molecule has 0 aliphatic heterocycles. The van der Waals surface area contributed by atoms with E-state index < -0.39 is 0 Å². The van der Waals surface area contributed by atoms with Gasteiger partial charge in [0.25, 0.3) is 0 Å². The lowest BCUT2D eigenvalue weighted by Crippen LogP contribution is -2.03. The Balaban J connectivity index is 2.06. The van der Waals surface area contributed by atoms with Gasteiger partial charge in [-0.25, -0.2) is 0 Å². The van der Waals surface area contributed by atoms with Crippen LogP contribution in [0.15, 0.2) is 54.6 Å². The van der Waals surface area contributed by atoms with Crippen molar-refractivity contribution in [3.63, 3.8) is 0 Å². The third kappa shape index (κ3) is 1.74. The quantitative estimate of drug-likeness (QED) is 0.567. The van der Waals surface area contributed by atoms with Crippen LogP contribution in [0.3, 0.4) is 0 Å². The summed E-state index contributed by atoms with van der Waals surface area (Å²) in [6.07, 6.45) is 0. The van der Waals surface area contributed by atoms with E-state index in [9.17, 15) is 4.79 Å². The zero-order valence-corrected chi connectivity index (χ0v) is 11.9. The first kappa shape index (κ1) is 12.7. The molecule has 1 aliphatic carbocycles. The van der Waals surface area contributed by atoms with Crippen molar-refractivity contribution >= 4 is 5.78 Å². The fraction of sp³-hybridized carbons (Fsp3) is 0.0556. The molecule has 0 amide bonds. The highest BCUT2D eigenvalue weighted by Gasteiger charge is 2.32. The Morgan fingerprint density at radius 2 is 1.45 bits per heavy atom. The molecule has 0 fully saturated rings. The van der Waals surface area contributed by atoms with Gasteiger partial charge in [0.05, 0.1) is 24.1 Å². The zero-order chi connectivity index (χ0) is 15.1. The molecule has 4 heteroatoms. The fourth-order valence-electron chi connectivity index (χ4n) is 2.77. The monoisotopic (exact) mass is 288 g/mol. The lowest BCUT2D eigenvalue weighted by molar-refractivity contribution is 0.104. The summed E-state index contributed by atoms with van der Waals surface area (Å²) in [6, 6.07) is 17.4. The molecule has 0 radical (unpaired) electrons. The van der Waals surface area contributed by atoms with E-state index in [1.165, 1.54) is 7.11 Å². The highest BCUT2D eigenvalue weighted by Crippen LogP contribution is 2.40. The van der Waals surface area contributed by atoms with Gasteiger partial charge in [-0.1, -0.05) is 54.6 Å². The van der Waals surface area contributed by atoms with E-state index in [2.05, 4.69) is 9.97 Å². The molecule has 106 valence electrons. The van der Waals surface area contributed by atoms with Crippen molar-refractivity contribution in [2.75, 3.05) is 7.11 Å². The van der Waals surface area contributed by atoms with Crippen LogP contribution in [0.25, 0.3) is 22.5 Å². The Hall–Kier alpha value is -3.01. The molecule has 0 saturated heterocycles. The molecule has 22 heavy (non-hydrogen) atoms. The molecule has 0 bridgehead atoms. The summed E-state index contributed by atoms with van der Waals surface area (Å²) in [6.45, 7) is 0. The van der Waals surface area contributed by atoms with Gasteiger partial charge in [-0.2, -0.15) is 9.97 Å². The maximum atomic E-state index is 12.8. The number of benzene rings is 2. The molecular formula is C18H12N2O2. The topological polar surface area (TPSA) is 52.1 Å². The molecule has 4 rings (SSSR count). The smallest absolute Gasteiger partial charge is 0.317 e. The molecule has 0 unspecified atom stereocenters. The molecule has 0 saturated carbocycles. The summed E-state index contributed by atoms with van der Waals surface area (Å²) in [5, 5.41) is 0. The Morgan fingerprint density at radius 1 is 0.818 bits per heavy atom. The van der Waals surface area contributed by atoms with Crippen LogP contribution in [0.4, 0.5) is 0 Å². The van der Waals surface area contributed by atoms with Gasteiger partial charge in [0.2, 0.25) is 0 Å². The Kier molecular flexibility index (Phi) is 2.76. The molecule has 0 atom stereocenters. The predicted octanol–water partition coefficient (Wildman–Crippen LogP) is 3.36. The minimum absolute atomic E-state index is 0.0351. The van der Waals surface area contributed by atoms with Gasteiger partial charge in [-0.3, -0.25) is 4.79 Å². The molecule has 4 nitrogen and oxygen atoms in total. The summed E-state index contributed by atoms with van der Waals surface area (Å²) in [7, 11) is 1.53. The van der Waals surface area contributed by atoms with Crippen molar-refractivity contribution in [3.05, 3.63) is 65.7 Å². The summed E-state index contributed by atoms with van der Waals surface area (Å²) >= 11 is 0. The lowest BCUT2D eigenvalue weighted by Gasteiger charge is -2.08. The normalized spacial score (nSPS) is 12.0. The number of rotatable bonds is 2. The van der Waals surface area contributed by atoms with Crippen LogP contribution < -0.4 is 4.74 Å². The van der Waals surface area contributed by atoms with Crippen LogP contribution in [-0.2, 0) is 0 Å². The summed E-state index contributed by atoms with van der Waals surface area (Å²) in [5.74, 6) is -0.0351. The van der Waals surface area contributed by atoms with Gasteiger partial charge in [0.1, 0.15) is 0 Å². The molecule has 1 aromatic heterocycles. The number of fused-ring (bicyclic) bond motifs is 3. The van der Waals surface area contributed by atoms with Gasteiger partial charge >= 0.3 is 6.01 Å². The second kappa shape index (κ2) is 4.77. The maximum absolute atomic E-state index is 12.8. The minimum atomic E-state index is -0.0351. The average molecular weight is 288 g/mol. The number of ether oxygens (including phenoxy) is 1. The van der Waals surface area contributed by atoms with Crippen LogP contribution in [0.2, 0.25) is 0 Å². The third-order valence-electron chi connectivity index (χ3n) is 3.77. The van der Waals surface area contributed by atoms with Crippen LogP contribution in [-0.4, -0.2) is 22.9 Å². The number of carbonyl (C=O) groups excluding carboxylic acids is 1. The van der Waals surface area contributed by atoms with Crippen LogP contribution in [0, 0.1) is 0 Å². The van der Waals surface area contributed by atoms with Gasteiger partial charge in [0, 0.05) is 16.7 Å². The van der Waals surface area contributed by atoms with Gasteiger partial charge in [-0.15, -0.1) is 0 Å². The van der Waals surface area contributed by atoms with Gasteiger partial charge < -0.3 is 4.74 Å². The zero-order valence-electron chi connectivity index (χ0n) is 11.9. The number of hydrogen-bond acceptors (Lipinski definition) is 4. The SMILES string of the molecule is COc1nc(-c2ccccc2)c2c(n1)-c1ccccc1C2=O. The van der Waals surface area contributed by atoms with E-state index in [-0.39, 0.29) is 11.8 Å². The predicted molar refractivity (Wildman–Crippen MR) is 82.9 cm³/mol. The second-order valence-electron chi connectivity index (χ2n) is 5.02. The van der Waals surface area contributed by atoms with Gasteiger partial charge in [0.15, 0.2) is 5.78 Å². The van der Waals surface area contributed by atoms with E-state index in [4.69, 9.17) is 4.74 Å². The van der Waals surface area contributed by atoms with Crippen molar-refractivity contribution in [1.29, 1.82) is 0 Å². The molecule has 2 aromatic carbocycles. The van der Waals surface area contributed by atoms with Crippen molar-refractivity contribution in [2.45, 2.75) is 0 Å².